The van der Waals surface area contributed by atoms with Crippen LogP contribution in [0, 0.1) is 11.8 Å². The summed E-state index contributed by atoms with van der Waals surface area (Å²) in [6.45, 7) is 0. The highest BCUT2D eigenvalue weighted by atomic mass is 35.5. The van der Waals surface area contributed by atoms with Gasteiger partial charge in [0.25, 0.3) is 0 Å². The van der Waals surface area contributed by atoms with Gasteiger partial charge in [-0.25, -0.2) is 0 Å². The zero-order chi connectivity index (χ0) is 23.3. The summed E-state index contributed by atoms with van der Waals surface area (Å²) < 4.78 is 21.4. The second kappa shape index (κ2) is 10.4. The van der Waals surface area contributed by atoms with Gasteiger partial charge in [-0.1, -0.05) is 23.7 Å². The van der Waals surface area contributed by atoms with Crippen LogP contribution in [0.25, 0.3) is 0 Å². The lowest BCUT2D eigenvalue weighted by molar-refractivity contribution is 0.0881. The Morgan fingerprint density at radius 2 is 1.50 bits per heavy atom. The molecule has 0 saturated heterocycles. The monoisotopic (exact) mass is 456 g/mol. The number of ether oxygens (including phenoxy) is 4. The van der Waals surface area contributed by atoms with E-state index in [0.29, 0.717) is 39.2 Å². The Morgan fingerprint density at radius 3 is 2.12 bits per heavy atom. The van der Waals surface area contributed by atoms with Crippen LogP contribution in [-0.2, 0) is 9.47 Å². The van der Waals surface area contributed by atoms with Crippen LogP contribution in [0.2, 0.25) is 5.02 Å². The van der Waals surface area contributed by atoms with Gasteiger partial charge in [0.1, 0.15) is 0 Å². The Balaban J connectivity index is 1.95. The number of carbonyl (C=O) groups is 2. The van der Waals surface area contributed by atoms with Gasteiger partial charge in [-0.05, 0) is 42.5 Å². The van der Waals surface area contributed by atoms with Crippen LogP contribution >= 0.6 is 11.6 Å². The predicted molar refractivity (Wildman–Crippen MR) is 121 cm³/mol. The maximum Gasteiger partial charge on any atom is 0.171 e. The van der Waals surface area contributed by atoms with Crippen LogP contribution in [0.5, 0.6) is 11.5 Å². The van der Waals surface area contributed by atoms with Crippen LogP contribution in [0.1, 0.15) is 27.1 Å². The molecule has 3 rings (SSSR count). The molecule has 2 unspecified atom stereocenters. The molecule has 168 valence electrons. The van der Waals surface area contributed by atoms with Gasteiger partial charge in [0.05, 0.1) is 39.4 Å². The average molecular weight is 457 g/mol. The number of hydrogen-bond acceptors (Lipinski definition) is 6. The van der Waals surface area contributed by atoms with Crippen LogP contribution in [-0.4, -0.2) is 40.0 Å². The van der Waals surface area contributed by atoms with Crippen molar-refractivity contribution in [2.75, 3.05) is 28.4 Å². The van der Waals surface area contributed by atoms with E-state index in [-0.39, 0.29) is 18.0 Å². The normalized spacial score (nSPS) is 17.7. The van der Waals surface area contributed by atoms with E-state index in [4.69, 9.17) is 30.5 Å². The largest absolute Gasteiger partial charge is 0.493 e. The van der Waals surface area contributed by atoms with Gasteiger partial charge in [0.15, 0.2) is 34.6 Å². The first kappa shape index (κ1) is 23.4. The van der Waals surface area contributed by atoms with Crippen LogP contribution in [0.4, 0.5) is 0 Å². The third kappa shape index (κ3) is 4.81. The molecule has 0 bridgehead atoms. The lowest BCUT2D eigenvalue weighted by Gasteiger charge is -2.27. The molecule has 0 aromatic heterocycles. The molecule has 1 aliphatic rings. The molecule has 0 aliphatic heterocycles. The van der Waals surface area contributed by atoms with E-state index in [1.807, 2.05) is 0 Å². The van der Waals surface area contributed by atoms with Gasteiger partial charge in [0.2, 0.25) is 0 Å². The molecule has 32 heavy (non-hydrogen) atoms. The van der Waals surface area contributed by atoms with Gasteiger partial charge < -0.3 is 18.9 Å². The predicted octanol–water partition coefficient (Wildman–Crippen LogP) is 5.12. The highest BCUT2D eigenvalue weighted by Crippen LogP contribution is 2.36. The third-order valence-corrected chi connectivity index (χ3v) is 5.74. The molecule has 2 aromatic carbocycles. The first-order valence-corrected chi connectivity index (χ1v) is 10.4. The molecule has 7 heteroatoms. The number of carbonyl (C=O) groups excluding carboxylic acids is 2. The minimum Gasteiger partial charge on any atom is -0.493 e. The summed E-state index contributed by atoms with van der Waals surface area (Å²) in [4.78, 5) is 26.5. The number of halogens is 1. The number of benzene rings is 2. The Hall–Kier alpha value is -3.25. The summed E-state index contributed by atoms with van der Waals surface area (Å²) in [6, 6.07) is 11.8. The van der Waals surface area contributed by atoms with E-state index < -0.39 is 11.8 Å². The number of Topliss-reactive ketones (excluding diaryl/α,β-unsaturated/α-hetero) is 2. The van der Waals surface area contributed by atoms with Gasteiger partial charge in [0, 0.05) is 23.5 Å². The molecule has 0 N–H and O–H groups in total. The van der Waals surface area contributed by atoms with E-state index in [9.17, 15) is 9.59 Å². The van der Waals surface area contributed by atoms with Gasteiger partial charge in [-0.3, -0.25) is 9.59 Å². The highest BCUT2D eigenvalue weighted by molar-refractivity contribution is 6.34. The maximum absolute atomic E-state index is 13.4. The fourth-order valence-corrected chi connectivity index (χ4v) is 3.95. The van der Waals surface area contributed by atoms with Crippen molar-refractivity contribution in [1.29, 1.82) is 0 Å². The molecule has 2 atom stereocenters. The molecule has 6 nitrogen and oxygen atoms in total. The molecule has 2 aromatic rings. The van der Waals surface area contributed by atoms with Crippen LogP contribution in [0.15, 0.2) is 66.1 Å². The average Bonchev–Trinajstić information content (AvgIpc) is 2.83. The van der Waals surface area contributed by atoms with Crippen molar-refractivity contribution in [2.45, 2.75) is 6.42 Å². The fourth-order valence-electron chi connectivity index (χ4n) is 3.72. The van der Waals surface area contributed by atoms with E-state index in [0.717, 1.165) is 0 Å². The van der Waals surface area contributed by atoms with Crippen molar-refractivity contribution < 1.29 is 28.5 Å². The summed E-state index contributed by atoms with van der Waals surface area (Å²) in [5.41, 5.74) is 0.851. The summed E-state index contributed by atoms with van der Waals surface area (Å²) in [5.74, 6) is 0.466. The Morgan fingerprint density at radius 1 is 0.844 bits per heavy atom. The van der Waals surface area contributed by atoms with Crippen molar-refractivity contribution in [3.05, 3.63) is 82.3 Å². The molecular weight excluding hydrogens is 432 g/mol. The quantitative estimate of drug-likeness (QED) is 0.488. The highest BCUT2D eigenvalue weighted by Gasteiger charge is 2.34. The minimum atomic E-state index is -0.646. The SMILES string of the molecule is COC1=CC(CC(=O)c2ccc(OC)c(OC)c2)C(C(=O)c2ccccc2Cl)C=C1OC. The Labute approximate surface area is 192 Å². The number of rotatable bonds is 9. The smallest absolute Gasteiger partial charge is 0.171 e. The topological polar surface area (TPSA) is 71.1 Å². The first-order chi connectivity index (χ1) is 15.4. The molecule has 0 radical (unpaired) electrons. The van der Waals surface area contributed by atoms with Gasteiger partial charge in [-0.2, -0.15) is 0 Å². The van der Waals surface area contributed by atoms with Crippen molar-refractivity contribution in [3.8, 4) is 11.5 Å². The summed E-state index contributed by atoms with van der Waals surface area (Å²) in [7, 11) is 6.06. The van der Waals surface area contributed by atoms with Crippen molar-refractivity contribution in [3.63, 3.8) is 0 Å². The zero-order valence-electron chi connectivity index (χ0n) is 18.4. The second-order valence-corrected chi connectivity index (χ2v) is 7.61. The third-order valence-electron chi connectivity index (χ3n) is 5.41. The number of ketones is 2. The lowest BCUT2D eigenvalue weighted by atomic mass is 9.78. The molecule has 0 spiro atoms. The fraction of sp³-hybridized carbons (Fsp3) is 0.280. The van der Waals surface area contributed by atoms with Gasteiger partial charge in [-0.15, -0.1) is 0 Å². The van der Waals surface area contributed by atoms with Crippen molar-refractivity contribution in [2.24, 2.45) is 11.8 Å². The van der Waals surface area contributed by atoms with E-state index in [1.54, 1.807) is 54.6 Å². The Kier molecular flexibility index (Phi) is 7.59. The van der Waals surface area contributed by atoms with E-state index >= 15 is 0 Å². The van der Waals surface area contributed by atoms with Gasteiger partial charge >= 0.3 is 0 Å². The molecular formula is C25H25ClO6. The maximum atomic E-state index is 13.4. The minimum absolute atomic E-state index is 0.0801. The second-order valence-electron chi connectivity index (χ2n) is 7.20. The van der Waals surface area contributed by atoms with Crippen LogP contribution in [0.3, 0.4) is 0 Å². The lowest BCUT2D eigenvalue weighted by Crippen LogP contribution is -2.27. The standard InChI is InChI=1S/C25H25ClO6/c1-29-21-10-9-15(12-22(21)30-2)20(27)11-16-13-23(31-3)24(32-4)14-18(16)25(28)17-7-5-6-8-19(17)26/h5-10,12-14,16,18H,11H2,1-4H3. The molecule has 0 amide bonds. The summed E-state index contributed by atoms with van der Waals surface area (Å²) in [5, 5.41) is 0.358. The number of methoxy groups -OCH3 is 4. The number of allylic oxidation sites excluding steroid dienone is 2. The van der Waals surface area contributed by atoms with E-state index in [2.05, 4.69) is 0 Å². The molecule has 0 saturated carbocycles. The zero-order valence-corrected chi connectivity index (χ0v) is 19.1. The first-order valence-electron chi connectivity index (χ1n) is 9.99. The van der Waals surface area contributed by atoms with Crippen molar-refractivity contribution in [1.82, 2.24) is 0 Å². The molecule has 1 aliphatic carbocycles. The number of hydrogen-bond donors (Lipinski definition) is 0. The van der Waals surface area contributed by atoms with Crippen molar-refractivity contribution >= 4 is 23.2 Å². The molecule has 0 fully saturated rings. The Bertz CT molecular complexity index is 1070. The molecule has 0 heterocycles. The summed E-state index contributed by atoms with van der Waals surface area (Å²) >= 11 is 6.27. The van der Waals surface area contributed by atoms with Crippen LogP contribution < -0.4 is 9.47 Å². The summed E-state index contributed by atoms with van der Waals surface area (Å²) in [6.07, 6.45) is 3.53. The van der Waals surface area contributed by atoms with E-state index in [1.165, 1.54) is 28.4 Å².